The average Bonchev–Trinajstić information content (AvgIpc) is 2.77. The van der Waals surface area contributed by atoms with Crippen molar-refractivity contribution in [2.24, 2.45) is 5.92 Å². The van der Waals surface area contributed by atoms with Gasteiger partial charge in [-0.25, -0.2) is 0 Å². The van der Waals surface area contributed by atoms with Crippen LogP contribution in [0.5, 0.6) is 0 Å². The Hall–Kier alpha value is -1.15. The Morgan fingerprint density at radius 1 is 1.35 bits per heavy atom. The van der Waals surface area contributed by atoms with E-state index in [2.05, 4.69) is 19.1 Å². The highest BCUT2D eigenvalue weighted by Gasteiger charge is 2.29. The summed E-state index contributed by atoms with van der Waals surface area (Å²) in [6, 6.07) is 10.3. The molecule has 2 unspecified atom stereocenters. The molecule has 1 saturated heterocycles. The molecule has 0 amide bonds. The summed E-state index contributed by atoms with van der Waals surface area (Å²) in [4.78, 5) is 11.9. The first kappa shape index (κ1) is 12.3. The van der Waals surface area contributed by atoms with Crippen LogP contribution in [0.1, 0.15) is 31.7 Å². The molecule has 1 aromatic carbocycles. The van der Waals surface area contributed by atoms with E-state index in [0.717, 1.165) is 25.9 Å². The van der Waals surface area contributed by atoms with E-state index in [-0.39, 0.29) is 11.9 Å². The Morgan fingerprint density at radius 3 is 2.76 bits per heavy atom. The van der Waals surface area contributed by atoms with E-state index < -0.39 is 0 Å². The second-order valence-corrected chi connectivity index (χ2v) is 4.86. The van der Waals surface area contributed by atoms with Crippen molar-refractivity contribution in [3.05, 3.63) is 35.9 Å². The monoisotopic (exact) mass is 232 g/mol. The van der Waals surface area contributed by atoms with Crippen LogP contribution in [0.2, 0.25) is 0 Å². The molecule has 0 bridgehead atoms. The number of Topliss-reactive ketones (excluding diaryl/α,β-unsaturated/α-hetero) is 1. The molecule has 1 heterocycles. The largest absolute Gasteiger partial charge is 0.370 e. The number of carbonyl (C=O) groups excluding carboxylic acids is 1. The minimum atomic E-state index is -0.134. The maximum absolute atomic E-state index is 11.9. The summed E-state index contributed by atoms with van der Waals surface area (Å²) in [7, 11) is 0. The van der Waals surface area contributed by atoms with Gasteiger partial charge in [-0.2, -0.15) is 0 Å². The molecule has 2 atom stereocenters. The van der Waals surface area contributed by atoms with Gasteiger partial charge in [0.25, 0.3) is 0 Å². The van der Waals surface area contributed by atoms with Gasteiger partial charge in [-0.1, -0.05) is 37.3 Å². The fourth-order valence-corrected chi connectivity index (χ4v) is 2.36. The minimum absolute atomic E-state index is 0.134. The second kappa shape index (κ2) is 5.97. The predicted molar refractivity (Wildman–Crippen MR) is 67.9 cm³/mol. The summed E-state index contributed by atoms with van der Waals surface area (Å²) in [5.74, 6) is 0.685. The lowest BCUT2D eigenvalue weighted by molar-refractivity contribution is -0.129. The van der Waals surface area contributed by atoms with Crippen LogP contribution < -0.4 is 0 Å². The molecule has 0 aromatic heterocycles. The topological polar surface area (TPSA) is 26.3 Å². The van der Waals surface area contributed by atoms with Crippen LogP contribution in [0.4, 0.5) is 0 Å². The zero-order chi connectivity index (χ0) is 12.1. The van der Waals surface area contributed by atoms with Crippen LogP contribution in [-0.2, 0) is 16.0 Å². The van der Waals surface area contributed by atoms with E-state index in [1.165, 1.54) is 5.56 Å². The van der Waals surface area contributed by atoms with E-state index >= 15 is 0 Å². The first-order valence-electron chi connectivity index (χ1n) is 6.45. The van der Waals surface area contributed by atoms with Crippen LogP contribution in [0.15, 0.2) is 30.3 Å². The van der Waals surface area contributed by atoms with Crippen molar-refractivity contribution in [3.63, 3.8) is 0 Å². The third-order valence-corrected chi connectivity index (χ3v) is 3.44. The molecule has 2 nitrogen and oxygen atoms in total. The normalized spacial score (nSPS) is 23.8. The van der Waals surface area contributed by atoms with Gasteiger partial charge in [0.05, 0.1) is 0 Å². The average molecular weight is 232 g/mol. The van der Waals surface area contributed by atoms with Gasteiger partial charge >= 0.3 is 0 Å². The Morgan fingerprint density at radius 2 is 2.12 bits per heavy atom. The SMILES string of the molecule is CC1CCOC1C(=O)CCCc1ccccc1. The number of ketones is 1. The number of benzene rings is 1. The molecule has 1 aliphatic rings. The number of hydrogen-bond donors (Lipinski definition) is 0. The van der Waals surface area contributed by atoms with Crippen LogP contribution >= 0.6 is 0 Å². The van der Waals surface area contributed by atoms with Gasteiger partial charge in [0.2, 0.25) is 0 Å². The number of hydrogen-bond acceptors (Lipinski definition) is 2. The third-order valence-electron chi connectivity index (χ3n) is 3.44. The zero-order valence-corrected chi connectivity index (χ0v) is 10.4. The van der Waals surface area contributed by atoms with Gasteiger partial charge < -0.3 is 4.74 Å². The molecule has 2 rings (SSSR count). The highest BCUT2D eigenvalue weighted by Crippen LogP contribution is 2.22. The molecule has 17 heavy (non-hydrogen) atoms. The molecular formula is C15H20O2. The Kier molecular flexibility index (Phi) is 4.32. The molecule has 0 saturated carbocycles. The maximum Gasteiger partial charge on any atom is 0.161 e. The van der Waals surface area contributed by atoms with Crippen molar-refractivity contribution < 1.29 is 9.53 Å². The first-order valence-corrected chi connectivity index (χ1v) is 6.45. The molecule has 1 fully saturated rings. The number of carbonyl (C=O) groups is 1. The van der Waals surface area contributed by atoms with E-state index in [0.29, 0.717) is 12.3 Å². The Balaban J connectivity index is 1.73. The molecule has 2 heteroatoms. The molecule has 1 aliphatic heterocycles. The molecule has 0 spiro atoms. The first-order chi connectivity index (χ1) is 8.27. The van der Waals surface area contributed by atoms with E-state index in [1.54, 1.807) is 0 Å². The highest BCUT2D eigenvalue weighted by molar-refractivity contribution is 5.83. The Bertz CT molecular complexity index is 358. The lowest BCUT2D eigenvalue weighted by atomic mass is 9.97. The van der Waals surface area contributed by atoms with Gasteiger partial charge in [0.1, 0.15) is 6.10 Å². The van der Waals surface area contributed by atoms with Gasteiger partial charge in [-0.15, -0.1) is 0 Å². The van der Waals surface area contributed by atoms with Crippen LogP contribution in [-0.4, -0.2) is 18.5 Å². The molecule has 0 radical (unpaired) electrons. The molecule has 0 N–H and O–H groups in total. The number of rotatable bonds is 5. The van der Waals surface area contributed by atoms with Crippen molar-refractivity contribution >= 4 is 5.78 Å². The molecule has 0 aliphatic carbocycles. The lowest BCUT2D eigenvalue weighted by Crippen LogP contribution is -2.24. The summed E-state index contributed by atoms with van der Waals surface area (Å²) in [6.07, 6.45) is 3.44. The Labute approximate surface area is 103 Å². The van der Waals surface area contributed by atoms with E-state index in [4.69, 9.17) is 4.74 Å². The van der Waals surface area contributed by atoms with Crippen molar-refractivity contribution in [1.82, 2.24) is 0 Å². The van der Waals surface area contributed by atoms with Crippen LogP contribution in [0, 0.1) is 5.92 Å². The third kappa shape index (κ3) is 3.40. The smallest absolute Gasteiger partial charge is 0.161 e. The molecule has 92 valence electrons. The summed E-state index contributed by atoms with van der Waals surface area (Å²) in [6.45, 7) is 2.85. The standard InChI is InChI=1S/C15H20O2/c1-12-10-11-17-15(12)14(16)9-5-8-13-6-3-2-4-7-13/h2-4,6-7,12,15H,5,8-11H2,1H3. The van der Waals surface area contributed by atoms with Crippen LogP contribution in [0.3, 0.4) is 0 Å². The highest BCUT2D eigenvalue weighted by atomic mass is 16.5. The van der Waals surface area contributed by atoms with Crippen LogP contribution in [0.25, 0.3) is 0 Å². The van der Waals surface area contributed by atoms with E-state index in [9.17, 15) is 4.79 Å². The maximum atomic E-state index is 11.9. The van der Waals surface area contributed by atoms with Crippen molar-refractivity contribution in [1.29, 1.82) is 0 Å². The van der Waals surface area contributed by atoms with Gasteiger partial charge in [-0.3, -0.25) is 4.79 Å². The van der Waals surface area contributed by atoms with Crippen molar-refractivity contribution in [2.75, 3.05) is 6.61 Å². The number of aryl methyl sites for hydroxylation is 1. The predicted octanol–water partition coefficient (Wildman–Crippen LogP) is 3.00. The molecular weight excluding hydrogens is 212 g/mol. The van der Waals surface area contributed by atoms with Crippen molar-refractivity contribution in [3.8, 4) is 0 Å². The summed E-state index contributed by atoms with van der Waals surface area (Å²) >= 11 is 0. The zero-order valence-electron chi connectivity index (χ0n) is 10.4. The lowest BCUT2D eigenvalue weighted by Gasteiger charge is -2.12. The fraction of sp³-hybridized carbons (Fsp3) is 0.533. The summed E-state index contributed by atoms with van der Waals surface area (Å²) in [5.41, 5.74) is 1.31. The van der Waals surface area contributed by atoms with Gasteiger partial charge in [0, 0.05) is 13.0 Å². The minimum Gasteiger partial charge on any atom is -0.370 e. The van der Waals surface area contributed by atoms with E-state index in [1.807, 2.05) is 18.2 Å². The van der Waals surface area contributed by atoms with Crippen molar-refractivity contribution in [2.45, 2.75) is 38.7 Å². The van der Waals surface area contributed by atoms with Gasteiger partial charge in [0.15, 0.2) is 5.78 Å². The second-order valence-electron chi connectivity index (χ2n) is 4.86. The summed E-state index contributed by atoms with van der Waals surface area (Å²) < 4.78 is 5.48. The molecule has 1 aromatic rings. The van der Waals surface area contributed by atoms with Gasteiger partial charge in [-0.05, 0) is 30.7 Å². The fourth-order valence-electron chi connectivity index (χ4n) is 2.36. The summed E-state index contributed by atoms with van der Waals surface area (Å²) in [5, 5.41) is 0. The number of ether oxygens (including phenoxy) is 1. The quantitative estimate of drug-likeness (QED) is 0.780.